The second kappa shape index (κ2) is 13.7. The summed E-state index contributed by atoms with van der Waals surface area (Å²) in [5.41, 5.74) is 22.0. The van der Waals surface area contributed by atoms with Crippen LogP contribution >= 0.6 is 0 Å². The van der Waals surface area contributed by atoms with E-state index in [1.54, 1.807) is 0 Å². The van der Waals surface area contributed by atoms with Crippen LogP contribution in [0.3, 0.4) is 0 Å². The molecular formula is C58H44N2. The molecule has 2 aliphatic carbocycles. The van der Waals surface area contributed by atoms with Crippen molar-refractivity contribution in [2.24, 2.45) is 0 Å². The van der Waals surface area contributed by atoms with Crippen LogP contribution in [-0.2, 0) is 6.42 Å². The van der Waals surface area contributed by atoms with Crippen molar-refractivity contribution < 1.29 is 0 Å². The molecule has 10 aromatic rings. The Morgan fingerprint density at radius 2 is 1.07 bits per heavy atom. The number of aromatic nitrogens is 2. The number of allylic oxidation sites excluding steroid dienone is 1. The normalized spacial score (nSPS) is 16.9. The summed E-state index contributed by atoms with van der Waals surface area (Å²) in [6.07, 6.45) is 5.72. The van der Waals surface area contributed by atoms with Crippen LogP contribution in [0.1, 0.15) is 59.5 Å². The lowest BCUT2D eigenvalue weighted by Gasteiger charge is -2.32. The van der Waals surface area contributed by atoms with E-state index >= 15 is 0 Å². The molecule has 0 spiro atoms. The SMILES string of the molecule is CC1c2cc3c4cc(-c5ccc(-c6ccccc6)cc5)ccc4n(-c4ccccc4)c3cc2-c2ccc3c4c([nH]c3c2C1C)C=CC(c1ccc(-c2ccccc2)cc1)C4. The van der Waals surface area contributed by atoms with E-state index < -0.39 is 0 Å². The van der Waals surface area contributed by atoms with Crippen LogP contribution in [0, 0.1) is 0 Å². The highest BCUT2D eigenvalue weighted by Crippen LogP contribution is 2.52. The molecular weight excluding hydrogens is 725 g/mol. The highest BCUT2D eigenvalue weighted by atomic mass is 15.0. The topological polar surface area (TPSA) is 20.7 Å². The first-order valence-electron chi connectivity index (χ1n) is 21.4. The van der Waals surface area contributed by atoms with Crippen LogP contribution in [0.15, 0.2) is 188 Å². The number of aromatic amines is 1. The maximum Gasteiger partial charge on any atom is 0.0547 e. The Labute approximate surface area is 351 Å². The predicted molar refractivity (Wildman–Crippen MR) is 253 cm³/mol. The number of hydrogen-bond donors (Lipinski definition) is 1. The number of rotatable bonds is 5. The van der Waals surface area contributed by atoms with Crippen molar-refractivity contribution in [1.29, 1.82) is 0 Å². The van der Waals surface area contributed by atoms with Gasteiger partial charge in [-0.25, -0.2) is 0 Å². The van der Waals surface area contributed by atoms with E-state index in [9.17, 15) is 0 Å². The van der Waals surface area contributed by atoms with Crippen molar-refractivity contribution in [3.05, 3.63) is 216 Å². The summed E-state index contributed by atoms with van der Waals surface area (Å²) < 4.78 is 2.47. The molecule has 0 amide bonds. The number of nitrogens with one attached hydrogen (secondary N) is 1. The van der Waals surface area contributed by atoms with Crippen LogP contribution in [0.4, 0.5) is 0 Å². The zero-order chi connectivity index (χ0) is 39.9. The molecule has 8 aromatic carbocycles. The van der Waals surface area contributed by atoms with Gasteiger partial charge in [0.25, 0.3) is 0 Å². The minimum Gasteiger partial charge on any atom is -0.355 e. The summed E-state index contributed by atoms with van der Waals surface area (Å²) in [6.45, 7) is 4.87. The van der Waals surface area contributed by atoms with Crippen LogP contribution < -0.4 is 0 Å². The maximum atomic E-state index is 3.97. The number of nitrogens with zero attached hydrogens (tertiary/aromatic N) is 1. The molecule has 0 fully saturated rings. The Hall–Kier alpha value is -7.16. The van der Waals surface area contributed by atoms with Gasteiger partial charge in [0.15, 0.2) is 0 Å². The minimum absolute atomic E-state index is 0.344. The monoisotopic (exact) mass is 768 g/mol. The van der Waals surface area contributed by atoms with Crippen molar-refractivity contribution in [2.45, 2.75) is 38.0 Å². The third-order valence-electron chi connectivity index (χ3n) is 13.8. The van der Waals surface area contributed by atoms with Crippen molar-refractivity contribution in [3.8, 4) is 50.2 Å². The molecule has 2 heterocycles. The zero-order valence-corrected chi connectivity index (χ0v) is 33.9. The van der Waals surface area contributed by atoms with Gasteiger partial charge in [0.05, 0.1) is 16.6 Å². The first-order chi connectivity index (χ1) is 29.6. The fraction of sp³-hybridized carbons (Fsp3) is 0.103. The van der Waals surface area contributed by atoms with Crippen molar-refractivity contribution in [1.82, 2.24) is 9.55 Å². The maximum absolute atomic E-state index is 3.97. The molecule has 2 aliphatic rings. The Kier molecular flexibility index (Phi) is 7.96. The van der Waals surface area contributed by atoms with Gasteiger partial charge < -0.3 is 9.55 Å². The third kappa shape index (κ3) is 5.48. The van der Waals surface area contributed by atoms with E-state index in [1.807, 2.05) is 0 Å². The fourth-order valence-electron chi connectivity index (χ4n) is 10.4. The van der Waals surface area contributed by atoms with Gasteiger partial charge in [-0.05, 0) is 127 Å². The van der Waals surface area contributed by atoms with Gasteiger partial charge in [-0.15, -0.1) is 0 Å². The van der Waals surface area contributed by atoms with E-state index in [-0.39, 0.29) is 0 Å². The first kappa shape index (κ1) is 34.8. The lowest BCUT2D eigenvalue weighted by Crippen LogP contribution is -2.14. The van der Waals surface area contributed by atoms with Crippen LogP contribution in [-0.4, -0.2) is 9.55 Å². The molecule has 0 aliphatic heterocycles. The van der Waals surface area contributed by atoms with Crippen LogP contribution in [0.2, 0.25) is 0 Å². The fourth-order valence-corrected chi connectivity index (χ4v) is 10.4. The average molecular weight is 769 g/mol. The summed E-state index contributed by atoms with van der Waals surface area (Å²) in [4.78, 5) is 3.97. The van der Waals surface area contributed by atoms with E-state index in [1.165, 1.54) is 111 Å². The largest absolute Gasteiger partial charge is 0.355 e. The smallest absolute Gasteiger partial charge is 0.0547 e. The summed E-state index contributed by atoms with van der Waals surface area (Å²) >= 11 is 0. The van der Waals surface area contributed by atoms with Crippen LogP contribution in [0.5, 0.6) is 0 Å². The molecule has 2 heteroatoms. The standard InChI is InChI=1S/C58H44N2/c1-36-37(2)57-47(28-29-48-51-32-44(26-30-54(51)59-58(48)57)42-22-18-40(19-23-42)38-12-6-3-7-13-38)50-35-56-53(34-49(36)50)52-33-45(27-31-55(52)60(56)46-16-10-5-11-17-46)43-24-20-41(21-25-43)39-14-8-4-9-15-39/h3-31,33-37,44,59H,32H2,1-2H3. The van der Waals surface area contributed by atoms with Gasteiger partial charge >= 0.3 is 0 Å². The number of H-pyrrole nitrogens is 1. The highest BCUT2D eigenvalue weighted by Gasteiger charge is 2.33. The number of benzene rings is 8. The van der Waals surface area contributed by atoms with Gasteiger partial charge in [-0.3, -0.25) is 0 Å². The van der Waals surface area contributed by atoms with Gasteiger partial charge in [-0.1, -0.05) is 166 Å². The second-order valence-electron chi connectivity index (χ2n) is 17.0. The Morgan fingerprint density at radius 1 is 0.483 bits per heavy atom. The molecule has 2 aromatic heterocycles. The molecule has 0 radical (unpaired) electrons. The molecule has 1 N–H and O–H groups in total. The van der Waals surface area contributed by atoms with Gasteiger partial charge in [0.2, 0.25) is 0 Å². The molecule has 0 saturated carbocycles. The van der Waals surface area contributed by atoms with E-state index in [4.69, 9.17) is 0 Å². The Morgan fingerprint density at radius 3 is 1.75 bits per heavy atom. The molecule has 0 bridgehead atoms. The lowest BCUT2D eigenvalue weighted by atomic mass is 9.72. The van der Waals surface area contributed by atoms with Crippen LogP contribution in [0.25, 0.3) is 89.0 Å². The number of fused-ring (bicyclic) bond motifs is 10. The predicted octanol–water partition coefficient (Wildman–Crippen LogP) is 15.5. The summed E-state index contributed by atoms with van der Waals surface area (Å²) in [7, 11) is 0. The number of hydrogen-bond acceptors (Lipinski definition) is 0. The van der Waals surface area contributed by atoms with Gasteiger partial charge in [0.1, 0.15) is 0 Å². The lowest BCUT2D eigenvalue weighted by molar-refractivity contribution is 0.620. The number of para-hydroxylation sites is 1. The van der Waals surface area contributed by atoms with Crippen molar-refractivity contribution >= 4 is 38.8 Å². The second-order valence-corrected chi connectivity index (χ2v) is 17.0. The van der Waals surface area contributed by atoms with Gasteiger partial charge in [0, 0.05) is 33.5 Å². The average Bonchev–Trinajstić information content (AvgIpc) is 3.85. The Bertz CT molecular complexity index is 3280. The zero-order valence-electron chi connectivity index (χ0n) is 33.9. The first-order valence-corrected chi connectivity index (χ1v) is 21.4. The van der Waals surface area contributed by atoms with E-state index in [0.717, 1.165) is 6.42 Å². The molecule has 2 nitrogen and oxygen atoms in total. The van der Waals surface area contributed by atoms with Gasteiger partial charge in [-0.2, -0.15) is 0 Å². The molecule has 0 saturated heterocycles. The van der Waals surface area contributed by atoms with E-state index in [0.29, 0.717) is 17.8 Å². The third-order valence-corrected chi connectivity index (χ3v) is 13.8. The van der Waals surface area contributed by atoms with Crippen molar-refractivity contribution in [3.63, 3.8) is 0 Å². The molecule has 12 rings (SSSR count). The molecule has 3 atom stereocenters. The highest BCUT2D eigenvalue weighted by molar-refractivity contribution is 6.12. The summed E-state index contributed by atoms with van der Waals surface area (Å²) in [5.74, 6) is 1.04. The summed E-state index contributed by atoms with van der Waals surface area (Å²) in [6, 6.07) is 67.3. The molecule has 286 valence electrons. The summed E-state index contributed by atoms with van der Waals surface area (Å²) in [5, 5.41) is 3.96. The quantitative estimate of drug-likeness (QED) is 0.180. The minimum atomic E-state index is 0.344. The Balaban J connectivity index is 0.963. The van der Waals surface area contributed by atoms with E-state index in [2.05, 4.69) is 218 Å². The molecule has 3 unspecified atom stereocenters. The van der Waals surface area contributed by atoms with Crippen molar-refractivity contribution in [2.75, 3.05) is 0 Å². The molecule has 60 heavy (non-hydrogen) atoms.